The summed E-state index contributed by atoms with van der Waals surface area (Å²) in [5.74, 6) is 1.19. The molecule has 236 valence electrons. The fourth-order valence-electron chi connectivity index (χ4n) is 4.95. The first kappa shape index (κ1) is 37.1. The lowest BCUT2D eigenvalue weighted by Gasteiger charge is -2.15. The third-order valence-electron chi connectivity index (χ3n) is 7.80. The standard InChI is InChI=1S/C37H64O4/c1-5-8-10-12-14-16-18-20-22-24-31-39-35-28-26-27-34(29-30-36(38)41-33(4)7-3)37(35)40-32-25-23-21-19-17-15-13-11-9-6-2/h26-30,33H,5-25,31-32H2,1-4H3. The highest BCUT2D eigenvalue weighted by Gasteiger charge is 2.11. The van der Waals surface area contributed by atoms with E-state index in [4.69, 9.17) is 14.2 Å². The number of rotatable bonds is 28. The second kappa shape index (κ2) is 26.9. The van der Waals surface area contributed by atoms with Crippen molar-refractivity contribution < 1.29 is 19.0 Å². The first-order valence-electron chi connectivity index (χ1n) is 17.4. The minimum Gasteiger partial charge on any atom is -0.490 e. The Hall–Kier alpha value is -1.97. The molecule has 0 saturated heterocycles. The molecular formula is C37H64O4. The van der Waals surface area contributed by atoms with Gasteiger partial charge in [0.2, 0.25) is 0 Å². The number of carbonyl (C=O) groups excluding carboxylic acids is 1. The van der Waals surface area contributed by atoms with Crippen LogP contribution in [0.2, 0.25) is 0 Å². The topological polar surface area (TPSA) is 44.8 Å². The van der Waals surface area contributed by atoms with Crippen LogP contribution in [0.5, 0.6) is 11.5 Å². The first-order chi connectivity index (χ1) is 20.1. The predicted molar refractivity (Wildman–Crippen MR) is 176 cm³/mol. The Labute approximate surface area is 254 Å². The van der Waals surface area contributed by atoms with E-state index in [0.717, 1.165) is 36.3 Å². The quantitative estimate of drug-likeness (QED) is 0.0569. The molecule has 0 aliphatic carbocycles. The molecule has 4 heteroatoms. The van der Waals surface area contributed by atoms with Gasteiger partial charge in [-0.15, -0.1) is 0 Å². The Kier molecular flexibility index (Phi) is 24.3. The molecule has 41 heavy (non-hydrogen) atoms. The maximum Gasteiger partial charge on any atom is 0.331 e. The minimum absolute atomic E-state index is 0.0880. The molecule has 1 aromatic carbocycles. The van der Waals surface area contributed by atoms with Crippen LogP contribution in [0.25, 0.3) is 6.08 Å². The Morgan fingerprint density at radius 2 is 1.12 bits per heavy atom. The van der Waals surface area contributed by atoms with Gasteiger partial charge in [0.15, 0.2) is 11.5 Å². The van der Waals surface area contributed by atoms with E-state index in [1.54, 1.807) is 6.08 Å². The molecule has 4 nitrogen and oxygen atoms in total. The second-order valence-electron chi connectivity index (χ2n) is 11.7. The Morgan fingerprint density at radius 3 is 1.61 bits per heavy atom. The highest BCUT2D eigenvalue weighted by Crippen LogP contribution is 2.33. The van der Waals surface area contributed by atoms with Crippen LogP contribution in [0, 0.1) is 0 Å². The molecule has 0 aliphatic heterocycles. The van der Waals surface area contributed by atoms with Crippen molar-refractivity contribution in [2.45, 2.75) is 169 Å². The number of carbonyl (C=O) groups is 1. The van der Waals surface area contributed by atoms with Gasteiger partial charge in [-0.25, -0.2) is 4.79 Å². The van der Waals surface area contributed by atoms with Crippen molar-refractivity contribution in [1.82, 2.24) is 0 Å². The number of unbranched alkanes of at least 4 members (excludes halogenated alkanes) is 18. The van der Waals surface area contributed by atoms with Crippen LogP contribution in [0.4, 0.5) is 0 Å². The first-order valence-corrected chi connectivity index (χ1v) is 17.4. The summed E-state index contributed by atoms with van der Waals surface area (Å²) >= 11 is 0. The molecule has 0 fully saturated rings. The molecule has 0 heterocycles. The van der Waals surface area contributed by atoms with Gasteiger partial charge in [0.05, 0.1) is 19.3 Å². The number of ether oxygens (including phenoxy) is 3. The number of benzene rings is 1. The van der Waals surface area contributed by atoms with Gasteiger partial charge < -0.3 is 14.2 Å². The van der Waals surface area contributed by atoms with Crippen molar-refractivity contribution in [2.24, 2.45) is 0 Å². The van der Waals surface area contributed by atoms with Crippen LogP contribution < -0.4 is 9.47 Å². The van der Waals surface area contributed by atoms with Crippen molar-refractivity contribution in [2.75, 3.05) is 13.2 Å². The fraction of sp³-hybridized carbons (Fsp3) is 0.757. The van der Waals surface area contributed by atoms with Gasteiger partial charge in [-0.05, 0) is 38.3 Å². The molecule has 0 spiro atoms. The Morgan fingerprint density at radius 1 is 0.659 bits per heavy atom. The molecule has 0 radical (unpaired) electrons. The Balaban J connectivity index is 2.52. The lowest BCUT2D eigenvalue weighted by molar-refractivity contribution is -0.142. The molecular weight excluding hydrogens is 508 g/mol. The van der Waals surface area contributed by atoms with Gasteiger partial charge in [0, 0.05) is 11.6 Å². The van der Waals surface area contributed by atoms with Gasteiger partial charge in [-0.3, -0.25) is 0 Å². The number of hydrogen-bond donors (Lipinski definition) is 0. The van der Waals surface area contributed by atoms with E-state index < -0.39 is 0 Å². The van der Waals surface area contributed by atoms with Crippen LogP contribution in [0.15, 0.2) is 24.3 Å². The van der Waals surface area contributed by atoms with Crippen LogP contribution in [-0.2, 0) is 9.53 Å². The van der Waals surface area contributed by atoms with Gasteiger partial charge >= 0.3 is 5.97 Å². The average molecular weight is 573 g/mol. The molecule has 0 aromatic heterocycles. The zero-order valence-electron chi connectivity index (χ0n) is 27.4. The summed E-state index contributed by atoms with van der Waals surface area (Å²) in [4.78, 5) is 12.2. The van der Waals surface area contributed by atoms with E-state index in [9.17, 15) is 4.79 Å². The van der Waals surface area contributed by atoms with Gasteiger partial charge in [-0.2, -0.15) is 0 Å². The zero-order chi connectivity index (χ0) is 29.8. The maximum absolute atomic E-state index is 12.2. The number of hydrogen-bond acceptors (Lipinski definition) is 4. The van der Waals surface area contributed by atoms with Gasteiger partial charge in [0.1, 0.15) is 0 Å². The normalized spacial score (nSPS) is 12.1. The molecule has 1 aromatic rings. The summed E-state index contributed by atoms with van der Waals surface area (Å²) in [5, 5.41) is 0. The van der Waals surface area contributed by atoms with Crippen molar-refractivity contribution in [1.29, 1.82) is 0 Å². The summed E-state index contributed by atoms with van der Waals surface area (Å²) in [5.41, 5.74) is 0.860. The molecule has 0 saturated carbocycles. The number of para-hydroxylation sites is 1. The fourth-order valence-corrected chi connectivity index (χ4v) is 4.95. The molecule has 0 N–H and O–H groups in total. The van der Waals surface area contributed by atoms with E-state index in [1.807, 2.05) is 32.0 Å². The largest absolute Gasteiger partial charge is 0.490 e. The van der Waals surface area contributed by atoms with Crippen LogP contribution in [0.1, 0.15) is 168 Å². The minimum atomic E-state index is -0.323. The van der Waals surface area contributed by atoms with Crippen molar-refractivity contribution >= 4 is 12.0 Å². The van der Waals surface area contributed by atoms with E-state index in [1.165, 1.54) is 122 Å². The summed E-state index contributed by atoms with van der Waals surface area (Å²) in [7, 11) is 0. The summed E-state index contributed by atoms with van der Waals surface area (Å²) in [6.07, 6.45) is 30.0. The monoisotopic (exact) mass is 572 g/mol. The second-order valence-corrected chi connectivity index (χ2v) is 11.7. The summed E-state index contributed by atoms with van der Waals surface area (Å²) in [6.45, 7) is 9.81. The molecule has 1 atom stereocenters. The van der Waals surface area contributed by atoms with Crippen LogP contribution in [0.3, 0.4) is 0 Å². The SMILES string of the molecule is CCCCCCCCCCCCOc1cccc(C=CC(=O)OC(C)CC)c1OCCCCCCCCCCCC. The van der Waals surface area contributed by atoms with Crippen LogP contribution >= 0.6 is 0 Å². The summed E-state index contributed by atoms with van der Waals surface area (Å²) in [6, 6.07) is 5.94. The van der Waals surface area contributed by atoms with E-state index in [2.05, 4.69) is 13.8 Å². The zero-order valence-corrected chi connectivity index (χ0v) is 27.4. The third-order valence-corrected chi connectivity index (χ3v) is 7.80. The lowest BCUT2D eigenvalue weighted by atomic mass is 10.1. The van der Waals surface area contributed by atoms with Crippen molar-refractivity contribution in [3.05, 3.63) is 29.8 Å². The average Bonchev–Trinajstić information content (AvgIpc) is 2.98. The van der Waals surface area contributed by atoms with E-state index in [-0.39, 0.29) is 12.1 Å². The highest BCUT2D eigenvalue weighted by atomic mass is 16.5. The highest BCUT2D eigenvalue weighted by molar-refractivity contribution is 5.88. The molecule has 0 aliphatic rings. The summed E-state index contributed by atoms with van der Waals surface area (Å²) < 4.78 is 17.9. The van der Waals surface area contributed by atoms with Crippen molar-refractivity contribution in [3.8, 4) is 11.5 Å². The number of esters is 1. The smallest absolute Gasteiger partial charge is 0.331 e. The molecule has 1 unspecified atom stereocenters. The van der Waals surface area contributed by atoms with Gasteiger partial charge in [0.25, 0.3) is 0 Å². The van der Waals surface area contributed by atoms with E-state index in [0.29, 0.717) is 13.2 Å². The van der Waals surface area contributed by atoms with Gasteiger partial charge in [-0.1, -0.05) is 148 Å². The van der Waals surface area contributed by atoms with E-state index >= 15 is 0 Å². The molecule has 1 rings (SSSR count). The molecule has 0 bridgehead atoms. The van der Waals surface area contributed by atoms with Crippen molar-refractivity contribution in [3.63, 3.8) is 0 Å². The third kappa shape index (κ3) is 20.5. The molecule has 0 amide bonds. The maximum atomic E-state index is 12.2. The van der Waals surface area contributed by atoms with Crippen LogP contribution in [-0.4, -0.2) is 25.3 Å². The Bertz CT molecular complexity index is 772. The lowest BCUT2D eigenvalue weighted by Crippen LogP contribution is -2.11. The predicted octanol–water partition coefficient (Wildman–Crippen LogP) is 11.6.